The number of alkyl halides is 1. The number of aromatic amines is 1. The smallest absolute Gasteiger partial charge is 0.240 e. The maximum absolute atomic E-state index is 11.8. The summed E-state index contributed by atoms with van der Waals surface area (Å²) >= 11 is 3.32. The molecule has 2 N–H and O–H groups in total. The van der Waals surface area contributed by atoms with Gasteiger partial charge in [0.2, 0.25) is 5.91 Å². The molecule has 0 aliphatic carbocycles. The maximum atomic E-state index is 11.8. The summed E-state index contributed by atoms with van der Waals surface area (Å²) < 4.78 is -0.574. The number of nitrogens with zero attached hydrogens (tertiary/aromatic N) is 1. The molecule has 0 aliphatic heterocycles. The molecule has 0 saturated heterocycles. The number of aromatic nitrogens is 2. The second kappa shape index (κ2) is 4.94. The van der Waals surface area contributed by atoms with E-state index < -0.39 is 4.32 Å². The van der Waals surface area contributed by atoms with E-state index in [-0.39, 0.29) is 5.91 Å². The van der Waals surface area contributed by atoms with Crippen molar-refractivity contribution >= 4 is 27.5 Å². The highest BCUT2D eigenvalue weighted by atomic mass is 79.9. The van der Waals surface area contributed by atoms with E-state index in [9.17, 15) is 4.79 Å². The van der Waals surface area contributed by atoms with Crippen LogP contribution in [0.25, 0.3) is 11.3 Å². The van der Waals surface area contributed by atoms with Crippen LogP contribution in [0.2, 0.25) is 0 Å². The molecule has 1 aromatic heterocycles. The van der Waals surface area contributed by atoms with Crippen LogP contribution in [-0.4, -0.2) is 20.2 Å². The van der Waals surface area contributed by atoms with E-state index in [0.29, 0.717) is 0 Å². The highest BCUT2D eigenvalue weighted by molar-refractivity contribution is 9.10. The number of carbonyl (C=O) groups is 1. The van der Waals surface area contributed by atoms with Gasteiger partial charge < -0.3 is 10.3 Å². The van der Waals surface area contributed by atoms with Crippen molar-refractivity contribution in [1.29, 1.82) is 0 Å². The lowest BCUT2D eigenvalue weighted by atomic mass is 10.1. The number of amides is 1. The Kier molecular flexibility index (Phi) is 3.52. The highest BCUT2D eigenvalue weighted by Gasteiger charge is 2.23. The Morgan fingerprint density at radius 2 is 2.00 bits per heavy atom. The molecule has 0 saturated carbocycles. The van der Waals surface area contributed by atoms with Gasteiger partial charge in [-0.2, -0.15) is 0 Å². The third kappa shape index (κ3) is 2.98. The van der Waals surface area contributed by atoms with E-state index in [1.807, 2.05) is 24.3 Å². The Morgan fingerprint density at radius 1 is 1.33 bits per heavy atom. The fourth-order valence-electron chi connectivity index (χ4n) is 1.43. The summed E-state index contributed by atoms with van der Waals surface area (Å²) in [4.78, 5) is 18.8. The molecule has 18 heavy (non-hydrogen) atoms. The molecule has 2 aromatic rings. The predicted octanol–water partition coefficient (Wildman–Crippen LogP) is 3.19. The first kappa shape index (κ1) is 12.8. The first-order valence-corrected chi connectivity index (χ1v) is 6.35. The van der Waals surface area contributed by atoms with E-state index >= 15 is 0 Å². The van der Waals surface area contributed by atoms with Crippen LogP contribution in [0.15, 0.2) is 36.8 Å². The Labute approximate surface area is 114 Å². The van der Waals surface area contributed by atoms with Crippen molar-refractivity contribution in [2.24, 2.45) is 0 Å². The molecule has 0 aliphatic rings. The number of imidazole rings is 1. The van der Waals surface area contributed by atoms with Gasteiger partial charge >= 0.3 is 0 Å². The Morgan fingerprint density at radius 3 is 2.50 bits per heavy atom. The predicted molar refractivity (Wildman–Crippen MR) is 75.7 cm³/mol. The van der Waals surface area contributed by atoms with E-state index in [1.165, 1.54) is 0 Å². The molecular formula is C13H14BrN3O. The third-order valence-electron chi connectivity index (χ3n) is 2.49. The summed E-state index contributed by atoms with van der Waals surface area (Å²) in [6.07, 6.45) is 3.40. The van der Waals surface area contributed by atoms with Crippen LogP contribution in [0.3, 0.4) is 0 Å². The van der Waals surface area contributed by atoms with Crippen molar-refractivity contribution in [3.8, 4) is 11.3 Å². The van der Waals surface area contributed by atoms with Crippen molar-refractivity contribution in [2.75, 3.05) is 5.32 Å². The average Bonchev–Trinajstić information content (AvgIpc) is 2.82. The maximum Gasteiger partial charge on any atom is 0.240 e. The van der Waals surface area contributed by atoms with E-state index in [4.69, 9.17) is 0 Å². The van der Waals surface area contributed by atoms with Crippen LogP contribution in [0.4, 0.5) is 5.69 Å². The van der Waals surface area contributed by atoms with Crippen molar-refractivity contribution < 1.29 is 4.79 Å². The Balaban J connectivity index is 2.12. The summed E-state index contributed by atoms with van der Waals surface area (Å²) in [6.45, 7) is 3.61. The molecule has 1 heterocycles. The van der Waals surface area contributed by atoms with Gasteiger partial charge in [0.1, 0.15) is 0 Å². The molecule has 0 spiro atoms. The molecule has 94 valence electrons. The quantitative estimate of drug-likeness (QED) is 0.856. The lowest BCUT2D eigenvalue weighted by molar-refractivity contribution is -0.117. The first-order valence-electron chi connectivity index (χ1n) is 5.56. The minimum absolute atomic E-state index is 0.0724. The second-order valence-corrected chi connectivity index (χ2v) is 6.45. The summed E-state index contributed by atoms with van der Waals surface area (Å²) in [5, 5.41) is 2.84. The molecule has 1 amide bonds. The normalized spacial score (nSPS) is 11.3. The Bertz CT molecular complexity index is 526. The van der Waals surface area contributed by atoms with Gasteiger partial charge in [-0.05, 0) is 31.5 Å². The standard InChI is InChI=1S/C13H14BrN3O/c1-13(2,14)12(18)17-10-5-3-9(4-6-10)11-7-15-8-16-11/h3-8H,1-2H3,(H,15,16)(H,17,18). The monoisotopic (exact) mass is 307 g/mol. The lowest BCUT2D eigenvalue weighted by Gasteiger charge is -2.15. The molecule has 0 radical (unpaired) electrons. The summed E-state index contributed by atoms with van der Waals surface area (Å²) in [5.41, 5.74) is 2.76. The van der Waals surface area contributed by atoms with Gasteiger partial charge in [0.15, 0.2) is 0 Å². The minimum atomic E-state index is -0.574. The molecule has 0 fully saturated rings. The Hall–Kier alpha value is -1.62. The van der Waals surface area contributed by atoms with Gasteiger partial charge in [-0.3, -0.25) is 4.79 Å². The van der Waals surface area contributed by atoms with E-state index in [0.717, 1.165) is 16.9 Å². The molecule has 5 heteroatoms. The number of H-pyrrole nitrogens is 1. The number of hydrogen-bond acceptors (Lipinski definition) is 2. The largest absolute Gasteiger partial charge is 0.345 e. The topological polar surface area (TPSA) is 57.8 Å². The van der Waals surface area contributed by atoms with Gasteiger partial charge in [0.25, 0.3) is 0 Å². The van der Waals surface area contributed by atoms with Crippen molar-refractivity contribution in [2.45, 2.75) is 18.2 Å². The molecular weight excluding hydrogens is 294 g/mol. The molecule has 0 bridgehead atoms. The zero-order valence-corrected chi connectivity index (χ0v) is 11.8. The lowest BCUT2D eigenvalue weighted by Crippen LogP contribution is -2.30. The van der Waals surface area contributed by atoms with Crippen molar-refractivity contribution in [3.63, 3.8) is 0 Å². The zero-order chi connectivity index (χ0) is 13.2. The summed E-state index contributed by atoms with van der Waals surface area (Å²) in [5.74, 6) is -0.0724. The molecule has 4 nitrogen and oxygen atoms in total. The van der Waals surface area contributed by atoms with Gasteiger partial charge in [0, 0.05) is 5.69 Å². The summed E-state index contributed by atoms with van der Waals surface area (Å²) in [7, 11) is 0. The fraction of sp³-hybridized carbons (Fsp3) is 0.231. The molecule has 1 aromatic carbocycles. The number of carbonyl (C=O) groups excluding carboxylic acids is 1. The number of benzene rings is 1. The number of rotatable bonds is 3. The highest BCUT2D eigenvalue weighted by Crippen LogP contribution is 2.21. The van der Waals surface area contributed by atoms with Crippen molar-refractivity contribution in [3.05, 3.63) is 36.8 Å². The van der Waals surface area contributed by atoms with Crippen molar-refractivity contribution in [1.82, 2.24) is 9.97 Å². The molecule has 0 unspecified atom stereocenters. The minimum Gasteiger partial charge on any atom is -0.345 e. The van der Waals surface area contributed by atoms with Crippen LogP contribution in [0.1, 0.15) is 13.8 Å². The number of hydrogen-bond donors (Lipinski definition) is 2. The van der Waals surface area contributed by atoms with E-state index in [2.05, 4.69) is 31.2 Å². The van der Waals surface area contributed by atoms with Gasteiger partial charge in [0.05, 0.1) is 22.5 Å². The molecule has 2 rings (SSSR count). The van der Waals surface area contributed by atoms with Crippen LogP contribution in [0.5, 0.6) is 0 Å². The summed E-state index contributed by atoms with van der Waals surface area (Å²) in [6, 6.07) is 7.61. The van der Waals surface area contributed by atoms with Crippen LogP contribution < -0.4 is 5.32 Å². The third-order valence-corrected chi connectivity index (χ3v) is 2.85. The molecule has 0 atom stereocenters. The van der Waals surface area contributed by atoms with Crippen LogP contribution in [0, 0.1) is 0 Å². The first-order chi connectivity index (χ1) is 8.47. The van der Waals surface area contributed by atoms with Gasteiger partial charge in [-0.1, -0.05) is 28.1 Å². The number of nitrogens with one attached hydrogen (secondary N) is 2. The van der Waals surface area contributed by atoms with Gasteiger partial charge in [-0.25, -0.2) is 4.98 Å². The zero-order valence-electron chi connectivity index (χ0n) is 10.2. The van der Waals surface area contributed by atoms with Gasteiger partial charge in [-0.15, -0.1) is 0 Å². The van der Waals surface area contributed by atoms with Crippen LogP contribution in [-0.2, 0) is 4.79 Å². The number of halogens is 1. The fourth-order valence-corrected chi connectivity index (χ4v) is 1.53. The average molecular weight is 308 g/mol. The van der Waals surface area contributed by atoms with Crippen LogP contribution >= 0.6 is 15.9 Å². The second-order valence-electron chi connectivity index (χ2n) is 4.47. The van der Waals surface area contributed by atoms with E-state index in [1.54, 1.807) is 26.4 Å². The SMILES string of the molecule is CC(C)(Br)C(=O)Nc1ccc(-c2cnc[nH]2)cc1. The number of anilines is 1.